The maximum atomic E-state index is 11.8. The highest BCUT2D eigenvalue weighted by molar-refractivity contribution is 5.83. The fourth-order valence-electron chi connectivity index (χ4n) is 1.24. The second-order valence-electron chi connectivity index (χ2n) is 3.53. The summed E-state index contributed by atoms with van der Waals surface area (Å²) in [6, 6.07) is -0.500. The average Bonchev–Trinajstić information content (AvgIpc) is 2.26. The second-order valence-corrected chi connectivity index (χ2v) is 3.53. The Labute approximate surface area is 99.9 Å². The summed E-state index contributed by atoms with van der Waals surface area (Å²) in [6.07, 6.45) is 0.644. The number of esters is 1. The third-order valence-electron chi connectivity index (χ3n) is 2.01. The molecule has 0 saturated heterocycles. The van der Waals surface area contributed by atoms with Gasteiger partial charge in [-0.25, -0.2) is 4.79 Å². The van der Waals surface area contributed by atoms with Crippen molar-refractivity contribution in [3.8, 4) is 0 Å². The molecule has 0 saturated carbocycles. The van der Waals surface area contributed by atoms with Crippen molar-refractivity contribution >= 4 is 18.0 Å². The van der Waals surface area contributed by atoms with Gasteiger partial charge in [-0.2, -0.15) is 0 Å². The van der Waals surface area contributed by atoms with Gasteiger partial charge in [-0.15, -0.1) is 0 Å². The van der Waals surface area contributed by atoms with Crippen LogP contribution in [0, 0.1) is 0 Å². The Hall–Kier alpha value is -1.79. The van der Waals surface area contributed by atoms with Gasteiger partial charge in [0.1, 0.15) is 13.1 Å². The van der Waals surface area contributed by atoms with Crippen LogP contribution in [0.4, 0.5) is 4.79 Å². The molecule has 0 aliphatic heterocycles. The molecule has 98 valence electrons. The van der Waals surface area contributed by atoms with Crippen LogP contribution in [0.25, 0.3) is 0 Å². The maximum absolute atomic E-state index is 11.8. The second kappa shape index (κ2) is 7.48. The molecule has 0 aromatic rings. The highest BCUT2D eigenvalue weighted by Gasteiger charge is 2.21. The minimum absolute atomic E-state index is 0.199. The minimum Gasteiger partial charge on any atom is -0.480 e. The highest BCUT2D eigenvalue weighted by Crippen LogP contribution is 1.99. The zero-order valence-electron chi connectivity index (χ0n) is 10.3. The third kappa shape index (κ3) is 5.74. The van der Waals surface area contributed by atoms with E-state index in [1.54, 1.807) is 0 Å². The third-order valence-corrected chi connectivity index (χ3v) is 2.01. The fraction of sp³-hybridized carbons (Fsp3) is 0.700. The summed E-state index contributed by atoms with van der Waals surface area (Å²) in [5, 5.41) is 8.67. The lowest BCUT2D eigenvalue weighted by Crippen LogP contribution is -2.45. The molecule has 0 rings (SSSR count). The lowest BCUT2D eigenvalue weighted by Gasteiger charge is -2.25. The van der Waals surface area contributed by atoms with Gasteiger partial charge in [0.2, 0.25) is 0 Å². The smallest absolute Gasteiger partial charge is 0.325 e. The first-order valence-electron chi connectivity index (χ1n) is 5.21. The predicted molar refractivity (Wildman–Crippen MR) is 59.5 cm³/mol. The van der Waals surface area contributed by atoms with Crippen LogP contribution in [0.2, 0.25) is 0 Å². The number of urea groups is 1. The van der Waals surface area contributed by atoms with Crippen LogP contribution >= 0.6 is 0 Å². The van der Waals surface area contributed by atoms with Gasteiger partial charge in [0.05, 0.1) is 7.11 Å². The molecule has 0 aliphatic rings. The van der Waals surface area contributed by atoms with Crippen molar-refractivity contribution in [2.75, 3.05) is 33.8 Å². The fourth-order valence-corrected chi connectivity index (χ4v) is 1.24. The lowest BCUT2D eigenvalue weighted by atomic mass is 10.4. The van der Waals surface area contributed by atoms with Crippen molar-refractivity contribution in [1.82, 2.24) is 9.80 Å². The first-order valence-corrected chi connectivity index (χ1v) is 5.21. The van der Waals surface area contributed by atoms with Gasteiger partial charge in [0, 0.05) is 13.6 Å². The minimum atomic E-state index is -1.08. The molecule has 0 atom stereocenters. The molecule has 7 heteroatoms. The summed E-state index contributed by atoms with van der Waals surface area (Å²) in [5.74, 6) is -1.63. The number of carboxylic acids is 1. The zero-order chi connectivity index (χ0) is 13.4. The SMILES string of the molecule is CCCN(CC(=O)O)C(=O)N(C)CC(=O)OC. The zero-order valence-corrected chi connectivity index (χ0v) is 10.3. The van der Waals surface area contributed by atoms with E-state index < -0.39 is 18.0 Å². The summed E-state index contributed by atoms with van der Waals surface area (Å²) in [5.41, 5.74) is 0. The average molecular weight is 246 g/mol. The standard InChI is InChI=1S/C10H18N2O5/c1-4-5-12(6-8(13)14)10(16)11(2)7-9(15)17-3/h4-7H2,1-3H3,(H,13,14). The number of amides is 2. The number of rotatable bonds is 6. The first-order chi connectivity index (χ1) is 7.92. The molecule has 0 bridgehead atoms. The molecular weight excluding hydrogens is 228 g/mol. The van der Waals surface area contributed by atoms with E-state index in [0.29, 0.717) is 13.0 Å². The number of likely N-dealkylation sites (N-methyl/N-ethyl adjacent to an activating group) is 1. The van der Waals surface area contributed by atoms with Crippen molar-refractivity contribution < 1.29 is 24.2 Å². The maximum Gasteiger partial charge on any atom is 0.325 e. The predicted octanol–water partition coefficient (Wildman–Crippen LogP) is 0.00780. The first kappa shape index (κ1) is 15.2. The summed E-state index contributed by atoms with van der Waals surface area (Å²) < 4.78 is 4.42. The van der Waals surface area contributed by atoms with Crippen molar-refractivity contribution in [2.45, 2.75) is 13.3 Å². The number of carbonyl (C=O) groups excluding carboxylic acids is 2. The Balaban J connectivity index is 4.48. The monoisotopic (exact) mass is 246 g/mol. The molecule has 0 heterocycles. The van der Waals surface area contributed by atoms with E-state index in [4.69, 9.17) is 5.11 Å². The number of nitrogens with zero attached hydrogens (tertiary/aromatic N) is 2. The van der Waals surface area contributed by atoms with Crippen molar-refractivity contribution in [3.05, 3.63) is 0 Å². The Kier molecular flexibility index (Phi) is 6.69. The van der Waals surface area contributed by atoms with Crippen LogP contribution in [0.1, 0.15) is 13.3 Å². The Morgan fingerprint density at radius 2 is 1.82 bits per heavy atom. The molecule has 0 aliphatic carbocycles. The van der Waals surface area contributed by atoms with Crippen LogP contribution in [-0.4, -0.2) is 66.7 Å². The molecule has 0 fully saturated rings. The van der Waals surface area contributed by atoms with E-state index >= 15 is 0 Å². The van der Waals surface area contributed by atoms with Crippen molar-refractivity contribution in [3.63, 3.8) is 0 Å². The quantitative estimate of drug-likeness (QED) is 0.667. The van der Waals surface area contributed by atoms with E-state index in [1.807, 2.05) is 6.92 Å². The number of hydrogen-bond donors (Lipinski definition) is 1. The Morgan fingerprint density at radius 1 is 1.24 bits per heavy atom. The van der Waals surface area contributed by atoms with Gasteiger partial charge >= 0.3 is 18.0 Å². The highest BCUT2D eigenvalue weighted by atomic mass is 16.5. The number of carboxylic acid groups (broad SMARTS) is 1. The van der Waals surface area contributed by atoms with E-state index in [2.05, 4.69) is 4.74 Å². The number of ether oxygens (including phenoxy) is 1. The molecule has 0 aromatic carbocycles. The molecule has 0 unspecified atom stereocenters. The Bertz CT molecular complexity index is 292. The van der Waals surface area contributed by atoms with Gasteiger partial charge in [0.25, 0.3) is 0 Å². The topological polar surface area (TPSA) is 87.2 Å². The van der Waals surface area contributed by atoms with E-state index in [9.17, 15) is 14.4 Å². The molecule has 1 N–H and O–H groups in total. The van der Waals surface area contributed by atoms with Gasteiger partial charge in [-0.1, -0.05) is 6.92 Å². The molecular formula is C10H18N2O5. The number of carbonyl (C=O) groups is 3. The Morgan fingerprint density at radius 3 is 2.24 bits per heavy atom. The van der Waals surface area contributed by atoms with Gasteiger partial charge in [-0.05, 0) is 6.42 Å². The van der Waals surface area contributed by atoms with Crippen LogP contribution in [0.5, 0.6) is 0 Å². The molecule has 0 spiro atoms. The number of hydrogen-bond acceptors (Lipinski definition) is 4. The van der Waals surface area contributed by atoms with E-state index in [0.717, 1.165) is 4.90 Å². The van der Waals surface area contributed by atoms with Crippen LogP contribution in [0.3, 0.4) is 0 Å². The number of methoxy groups -OCH3 is 1. The van der Waals surface area contributed by atoms with Crippen LogP contribution in [0.15, 0.2) is 0 Å². The van der Waals surface area contributed by atoms with E-state index in [-0.39, 0.29) is 13.1 Å². The molecule has 2 amide bonds. The number of aliphatic carboxylic acids is 1. The summed E-state index contributed by atoms with van der Waals surface area (Å²) >= 11 is 0. The van der Waals surface area contributed by atoms with Gasteiger partial charge < -0.3 is 19.6 Å². The van der Waals surface area contributed by atoms with Crippen LogP contribution < -0.4 is 0 Å². The molecule has 0 radical (unpaired) electrons. The normalized spacial score (nSPS) is 9.59. The van der Waals surface area contributed by atoms with Crippen molar-refractivity contribution in [1.29, 1.82) is 0 Å². The van der Waals surface area contributed by atoms with Crippen LogP contribution in [-0.2, 0) is 14.3 Å². The summed E-state index contributed by atoms with van der Waals surface area (Å²) in [6.45, 7) is 1.59. The van der Waals surface area contributed by atoms with Crippen molar-refractivity contribution in [2.24, 2.45) is 0 Å². The summed E-state index contributed by atoms with van der Waals surface area (Å²) in [4.78, 5) is 35.7. The van der Waals surface area contributed by atoms with E-state index in [1.165, 1.54) is 19.1 Å². The largest absolute Gasteiger partial charge is 0.480 e. The molecule has 0 aromatic heterocycles. The van der Waals surface area contributed by atoms with Gasteiger partial charge in [0.15, 0.2) is 0 Å². The summed E-state index contributed by atoms with van der Waals surface area (Å²) in [7, 11) is 2.64. The lowest BCUT2D eigenvalue weighted by molar-refractivity contribution is -0.141. The van der Waals surface area contributed by atoms with Gasteiger partial charge in [-0.3, -0.25) is 9.59 Å². The molecule has 7 nitrogen and oxygen atoms in total. The molecule has 17 heavy (non-hydrogen) atoms.